The van der Waals surface area contributed by atoms with Crippen LogP contribution >= 0.6 is 23.2 Å². The number of anilines is 1. The van der Waals surface area contributed by atoms with Gasteiger partial charge in [0.1, 0.15) is 0 Å². The molecule has 0 amide bonds. The molecule has 2 saturated heterocycles. The predicted molar refractivity (Wildman–Crippen MR) is 138 cm³/mol. The number of hydrogen-bond acceptors (Lipinski definition) is 9. The molecule has 2 aliphatic heterocycles. The van der Waals surface area contributed by atoms with Crippen molar-refractivity contribution in [2.45, 2.75) is 50.5 Å². The molecule has 0 radical (unpaired) electrons. The van der Waals surface area contributed by atoms with Crippen molar-refractivity contribution >= 4 is 39.2 Å². The van der Waals surface area contributed by atoms with Crippen LogP contribution in [-0.2, 0) is 14.8 Å². The Morgan fingerprint density at radius 1 is 1.03 bits per heavy atom. The van der Waals surface area contributed by atoms with Gasteiger partial charge in [-0.25, -0.2) is 23.8 Å². The minimum Gasteiger partial charge on any atom is -0.370 e. The predicted octanol–water partition coefficient (Wildman–Crippen LogP) is 2.72. The summed E-state index contributed by atoms with van der Waals surface area (Å²) in [4.78, 5) is 15.3. The van der Waals surface area contributed by atoms with Gasteiger partial charge in [-0.1, -0.05) is 23.2 Å². The Labute approximate surface area is 221 Å². The molecule has 0 spiro atoms. The molecule has 13 heteroatoms. The van der Waals surface area contributed by atoms with Gasteiger partial charge in [-0.2, -0.15) is 4.31 Å². The van der Waals surface area contributed by atoms with Gasteiger partial charge in [0.05, 0.1) is 34.6 Å². The molecule has 3 aliphatic rings. The standard InChI is InChI=1S/C23H31Cl2N7O3S/c1-14(21-18(24)12-26-13-19(21)25)35-16-3-4-20-17(9-16)22(30-29-20)15-10-27-23(28-11-15)31-5-7-32(8-6-31)36(2,33)34/h10-14,16-17,20,22,29-30H,3-9H2,1-2H3/t14-,16?,17?,20?,22?/m1/s1. The molecule has 0 aromatic carbocycles. The number of halogens is 2. The number of piperazine rings is 1. The number of nitrogens with one attached hydrogen (secondary N) is 2. The van der Waals surface area contributed by atoms with Gasteiger partial charge >= 0.3 is 0 Å². The smallest absolute Gasteiger partial charge is 0.225 e. The molecule has 3 fully saturated rings. The lowest BCUT2D eigenvalue weighted by atomic mass is 9.78. The highest BCUT2D eigenvalue weighted by Crippen LogP contribution is 2.41. The molecule has 196 valence electrons. The van der Waals surface area contributed by atoms with Crippen LogP contribution in [0.4, 0.5) is 5.95 Å². The van der Waals surface area contributed by atoms with Crippen molar-refractivity contribution in [3.63, 3.8) is 0 Å². The second-order valence-corrected chi connectivity index (χ2v) is 12.5. The van der Waals surface area contributed by atoms with Gasteiger partial charge in [0.2, 0.25) is 16.0 Å². The summed E-state index contributed by atoms with van der Waals surface area (Å²) in [6, 6.07) is 0.419. The van der Waals surface area contributed by atoms with Crippen LogP contribution in [-0.4, -0.2) is 72.3 Å². The number of nitrogens with zero attached hydrogens (tertiary/aromatic N) is 5. The molecule has 2 aromatic heterocycles. The fourth-order valence-electron chi connectivity index (χ4n) is 5.51. The first-order valence-electron chi connectivity index (χ1n) is 12.2. The van der Waals surface area contributed by atoms with Crippen molar-refractivity contribution in [3.05, 3.63) is 46.0 Å². The zero-order valence-corrected chi connectivity index (χ0v) is 22.6. The maximum Gasteiger partial charge on any atom is 0.225 e. The van der Waals surface area contributed by atoms with E-state index in [1.165, 1.54) is 10.6 Å². The lowest BCUT2D eigenvalue weighted by Gasteiger charge is -2.35. The average Bonchev–Trinajstić information content (AvgIpc) is 3.27. The molecule has 5 rings (SSSR count). The molecule has 2 aromatic rings. The van der Waals surface area contributed by atoms with Gasteiger partial charge in [-0.3, -0.25) is 10.4 Å². The zero-order valence-electron chi connectivity index (χ0n) is 20.3. The van der Waals surface area contributed by atoms with Crippen molar-refractivity contribution < 1.29 is 13.2 Å². The minimum atomic E-state index is -3.17. The van der Waals surface area contributed by atoms with E-state index >= 15 is 0 Å². The highest BCUT2D eigenvalue weighted by molar-refractivity contribution is 7.88. The fraction of sp³-hybridized carbons (Fsp3) is 0.609. The van der Waals surface area contributed by atoms with Crippen LogP contribution in [0.2, 0.25) is 10.0 Å². The third kappa shape index (κ3) is 5.47. The van der Waals surface area contributed by atoms with E-state index in [9.17, 15) is 8.42 Å². The van der Waals surface area contributed by atoms with Crippen LogP contribution in [0.15, 0.2) is 24.8 Å². The number of aromatic nitrogens is 3. The Bertz CT molecular complexity index is 1160. The second kappa shape index (κ2) is 10.6. The SMILES string of the molecule is C[C@@H](OC1CCC2NNC(c3cnc(N4CCN(S(C)(=O)=O)CC4)nc3)C2C1)c1c(Cl)cncc1Cl. The van der Waals surface area contributed by atoms with Crippen LogP contribution in [0.5, 0.6) is 0 Å². The van der Waals surface area contributed by atoms with E-state index in [0.29, 0.717) is 54.1 Å². The summed E-state index contributed by atoms with van der Waals surface area (Å²) < 4.78 is 31.4. The average molecular weight is 557 g/mol. The van der Waals surface area contributed by atoms with Crippen LogP contribution < -0.4 is 15.8 Å². The summed E-state index contributed by atoms with van der Waals surface area (Å²) in [5.74, 6) is 0.950. The second-order valence-electron chi connectivity index (χ2n) is 9.73. The summed E-state index contributed by atoms with van der Waals surface area (Å²) >= 11 is 12.7. The summed E-state index contributed by atoms with van der Waals surface area (Å²) in [6.07, 6.45) is 10.8. The van der Waals surface area contributed by atoms with E-state index in [4.69, 9.17) is 27.9 Å². The van der Waals surface area contributed by atoms with Crippen molar-refractivity contribution in [1.82, 2.24) is 30.1 Å². The number of hydrazine groups is 1. The van der Waals surface area contributed by atoms with Gasteiger partial charge in [0.15, 0.2) is 0 Å². The monoisotopic (exact) mass is 555 g/mol. The maximum atomic E-state index is 11.8. The van der Waals surface area contributed by atoms with E-state index in [0.717, 1.165) is 30.4 Å². The first kappa shape index (κ1) is 26.0. The third-order valence-corrected chi connectivity index (χ3v) is 9.31. The van der Waals surface area contributed by atoms with E-state index < -0.39 is 10.0 Å². The number of pyridine rings is 1. The third-order valence-electron chi connectivity index (χ3n) is 7.41. The summed E-state index contributed by atoms with van der Waals surface area (Å²) in [5, 5.41) is 1.03. The molecule has 4 heterocycles. The topological polar surface area (TPSA) is 113 Å². The first-order chi connectivity index (χ1) is 17.2. The van der Waals surface area contributed by atoms with E-state index in [-0.39, 0.29) is 18.2 Å². The molecule has 5 atom stereocenters. The normalized spacial score (nSPS) is 28.2. The molecule has 2 N–H and O–H groups in total. The van der Waals surface area contributed by atoms with E-state index in [1.54, 1.807) is 12.4 Å². The highest BCUT2D eigenvalue weighted by atomic mass is 35.5. The van der Waals surface area contributed by atoms with Crippen LogP contribution in [0, 0.1) is 5.92 Å². The van der Waals surface area contributed by atoms with Gasteiger partial charge in [-0.15, -0.1) is 0 Å². The Kier molecular flexibility index (Phi) is 7.69. The van der Waals surface area contributed by atoms with Crippen molar-refractivity contribution in [3.8, 4) is 0 Å². The minimum absolute atomic E-state index is 0.0703. The molecule has 10 nitrogen and oxygen atoms in total. The van der Waals surface area contributed by atoms with Crippen LogP contribution in [0.3, 0.4) is 0 Å². The fourth-order valence-corrected chi connectivity index (χ4v) is 7.01. The van der Waals surface area contributed by atoms with E-state index in [1.807, 2.05) is 24.2 Å². The Hall–Kier alpha value is -1.60. The van der Waals surface area contributed by atoms with Gasteiger partial charge in [0.25, 0.3) is 0 Å². The Balaban J connectivity index is 1.22. The number of fused-ring (bicyclic) bond motifs is 1. The van der Waals surface area contributed by atoms with Gasteiger partial charge in [0, 0.05) is 68.1 Å². The largest absolute Gasteiger partial charge is 0.370 e. The van der Waals surface area contributed by atoms with Crippen molar-refractivity contribution in [2.75, 3.05) is 37.3 Å². The molecule has 36 heavy (non-hydrogen) atoms. The number of hydrogen-bond donors (Lipinski definition) is 2. The van der Waals surface area contributed by atoms with Crippen LogP contribution in [0.25, 0.3) is 0 Å². The lowest BCUT2D eigenvalue weighted by Crippen LogP contribution is -2.48. The zero-order chi connectivity index (χ0) is 25.4. The lowest BCUT2D eigenvalue weighted by molar-refractivity contribution is -0.0370. The number of rotatable bonds is 6. The summed E-state index contributed by atoms with van der Waals surface area (Å²) in [5.41, 5.74) is 8.67. The number of ether oxygens (including phenoxy) is 1. The quantitative estimate of drug-likeness (QED) is 0.555. The maximum absolute atomic E-state index is 11.8. The summed E-state index contributed by atoms with van der Waals surface area (Å²) in [7, 11) is -3.17. The van der Waals surface area contributed by atoms with Crippen molar-refractivity contribution in [1.29, 1.82) is 0 Å². The van der Waals surface area contributed by atoms with E-state index in [2.05, 4.69) is 25.8 Å². The van der Waals surface area contributed by atoms with Crippen molar-refractivity contribution in [2.24, 2.45) is 5.92 Å². The first-order valence-corrected chi connectivity index (χ1v) is 14.8. The highest BCUT2D eigenvalue weighted by Gasteiger charge is 2.42. The van der Waals surface area contributed by atoms with Gasteiger partial charge in [-0.05, 0) is 32.1 Å². The summed E-state index contributed by atoms with van der Waals surface area (Å²) in [6.45, 7) is 4.01. The van der Waals surface area contributed by atoms with Gasteiger partial charge < -0.3 is 9.64 Å². The molecule has 4 unspecified atom stereocenters. The molecular weight excluding hydrogens is 525 g/mol. The number of sulfonamides is 1. The molecule has 1 saturated carbocycles. The molecule has 0 bridgehead atoms. The Morgan fingerprint density at radius 2 is 1.69 bits per heavy atom. The van der Waals surface area contributed by atoms with Crippen LogP contribution in [0.1, 0.15) is 49.5 Å². The Morgan fingerprint density at radius 3 is 2.33 bits per heavy atom. The molecular formula is C23H31Cl2N7O3S. The molecule has 1 aliphatic carbocycles.